The minimum atomic E-state index is -0.725. The molecule has 0 bridgehead atoms. The van der Waals surface area contributed by atoms with Crippen molar-refractivity contribution in [1.82, 2.24) is 14.7 Å². The lowest BCUT2D eigenvalue weighted by atomic mass is 9.79. The van der Waals surface area contributed by atoms with Crippen molar-refractivity contribution < 1.29 is 19.1 Å². The van der Waals surface area contributed by atoms with Gasteiger partial charge in [-0.05, 0) is 31.0 Å². The van der Waals surface area contributed by atoms with Crippen molar-refractivity contribution >= 4 is 29.3 Å². The number of halogens is 1. The second-order valence-corrected chi connectivity index (χ2v) is 8.72. The summed E-state index contributed by atoms with van der Waals surface area (Å²) in [7, 11) is 1.52. The van der Waals surface area contributed by atoms with Gasteiger partial charge in [0.05, 0.1) is 18.1 Å². The molecule has 3 fully saturated rings. The molecule has 2 atom stereocenters. The van der Waals surface area contributed by atoms with Crippen LogP contribution in [0.2, 0.25) is 5.02 Å². The molecule has 2 unspecified atom stereocenters. The van der Waals surface area contributed by atoms with Crippen LogP contribution in [0, 0.1) is 11.3 Å². The highest BCUT2D eigenvalue weighted by Crippen LogP contribution is 2.45. The van der Waals surface area contributed by atoms with E-state index in [9.17, 15) is 14.4 Å². The third-order valence-electron chi connectivity index (χ3n) is 6.55. The van der Waals surface area contributed by atoms with Crippen molar-refractivity contribution in [2.45, 2.75) is 19.8 Å². The molecule has 156 valence electrons. The van der Waals surface area contributed by atoms with Gasteiger partial charge in [-0.3, -0.25) is 14.4 Å². The van der Waals surface area contributed by atoms with E-state index in [0.717, 1.165) is 25.9 Å². The van der Waals surface area contributed by atoms with Crippen LogP contribution >= 0.6 is 11.6 Å². The van der Waals surface area contributed by atoms with E-state index in [4.69, 9.17) is 16.3 Å². The number of fused-ring (bicyclic) bond motifs is 1. The first-order chi connectivity index (χ1) is 13.9. The quantitative estimate of drug-likeness (QED) is 0.750. The van der Waals surface area contributed by atoms with Crippen molar-refractivity contribution in [1.29, 1.82) is 0 Å². The van der Waals surface area contributed by atoms with Crippen molar-refractivity contribution in [2.75, 3.05) is 46.4 Å². The van der Waals surface area contributed by atoms with Gasteiger partial charge in [0.25, 0.3) is 5.91 Å². The number of hydrogen-bond acceptors (Lipinski definition) is 4. The normalized spacial score (nSPS) is 26.0. The van der Waals surface area contributed by atoms with Gasteiger partial charge in [0.1, 0.15) is 5.75 Å². The molecule has 1 aromatic rings. The highest BCUT2D eigenvalue weighted by molar-refractivity contribution is 6.31. The fourth-order valence-electron chi connectivity index (χ4n) is 5.02. The van der Waals surface area contributed by atoms with Crippen molar-refractivity contribution in [3.8, 4) is 5.75 Å². The Bertz CT molecular complexity index is 854. The minimum absolute atomic E-state index is 0.0256. The summed E-state index contributed by atoms with van der Waals surface area (Å²) >= 11 is 6.11. The third kappa shape index (κ3) is 3.35. The zero-order chi connectivity index (χ0) is 20.8. The molecule has 4 rings (SSSR count). The predicted molar refractivity (Wildman–Crippen MR) is 108 cm³/mol. The topological polar surface area (TPSA) is 70.2 Å². The van der Waals surface area contributed by atoms with Crippen LogP contribution in [-0.4, -0.2) is 78.8 Å². The number of hydrogen-bond donors (Lipinski definition) is 0. The zero-order valence-electron chi connectivity index (χ0n) is 16.8. The van der Waals surface area contributed by atoms with Crippen LogP contribution in [0.3, 0.4) is 0 Å². The van der Waals surface area contributed by atoms with Gasteiger partial charge in [0.15, 0.2) is 0 Å². The first kappa shape index (κ1) is 20.0. The number of carbonyl (C=O) groups is 3. The highest BCUT2D eigenvalue weighted by Gasteiger charge is 2.60. The molecule has 7 nitrogen and oxygen atoms in total. The van der Waals surface area contributed by atoms with Gasteiger partial charge in [0, 0.05) is 57.1 Å². The second kappa shape index (κ2) is 7.52. The van der Waals surface area contributed by atoms with E-state index in [2.05, 4.69) is 0 Å². The first-order valence-corrected chi connectivity index (χ1v) is 10.4. The van der Waals surface area contributed by atoms with Crippen LogP contribution in [0.5, 0.6) is 5.75 Å². The number of rotatable bonds is 3. The lowest BCUT2D eigenvalue weighted by molar-refractivity contribution is -0.141. The van der Waals surface area contributed by atoms with Crippen molar-refractivity contribution in [3.05, 3.63) is 28.8 Å². The highest BCUT2D eigenvalue weighted by atomic mass is 35.5. The summed E-state index contributed by atoms with van der Waals surface area (Å²) in [6, 6.07) is 4.96. The Morgan fingerprint density at radius 2 is 1.72 bits per heavy atom. The number of carbonyl (C=O) groups excluding carboxylic acids is 3. The van der Waals surface area contributed by atoms with Crippen LogP contribution in [0.4, 0.5) is 0 Å². The number of methoxy groups -OCH3 is 1. The number of ether oxygens (including phenoxy) is 1. The summed E-state index contributed by atoms with van der Waals surface area (Å²) < 4.78 is 5.34. The largest absolute Gasteiger partial charge is 0.496 e. The Labute approximate surface area is 175 Å². The van der Waals surface area contributed by atoms with Gasteiger partial charge in [-0.15, -0.1) is 0 Å². The maximum absolute atomic E-state index is 13.5. The molecule has 0 radical (unpaired) electrons. The monoisotopic (exact) mass is 419 g/mol. The molecule has 3 aliphatic rings. The molecule has 3 saturated heterocycles. The Hall–Kier alpha value is -2.28. The van der Waals surface area contributed by atoms with Gasteiger partial charge in [-0.2, -0.15) is 0 Å². The smallest absolute Gasteiger partial charge is 0.257 e. The number of nitrogens with zero attached hydrogens (tertiary/aromatic N) is 3. The molecular formula is C21H26ClN3O4. The van der Waals surface area contributed by atoms with Crippen molar-refractivity contribution in [2.24, 2.45) is 11.3 Å². The van der Waals surface area contributed by atoms with E-state index < -0.39 is 5.41 Å². The molecule has 0 aromatic heterocycles. The number of amides is 3. The van der Waals surface area contributed by atoms with E-state index in [1.807, 2.05) is 4.90 Å². The number of benzene rings is 1. The van der Waals surface area contributed by atoms with E-state index in [1.54, 1.807) is 28.0 Å². The SMILES string of the molecule is COc1ccc(Cl)cc1C(=O)N1CC2CN(C(C)=O)CC2(C(=O)N2CCCC2)C1. The molecule has 0 aliphatic carbocycles. The van der Waals surface area contributed by atoms with Gasteiger partial charge in [-0.25, -0.2) is 0 Å². The van der Waals surface area contributed by atoms with Crippen LogP contribution in [0.15, 0.2) is 18.2 Å². The van der Waals surface area contributed by atoms with E-state index in [0.29, 0.717) is 42.5 Å². The maximum Gasteiger partial charge on any atom is 0.257 e. The Kier molecular flexibility index (Phi) is 5.19. The molecule has 3 aliphatic heterocycles. The van der Waals surface area contributed by atoms with Crippen LogP contribution in [0.25, 0.3) is 0 Å². The molecule has 29 heavy (non-hydrogen) atoms. The predicted octanol–water partition coefficient (Wildman–Crippen LogP) is 1.89. The van der Waals surface area contributed by atoms with Crippen LogP contribution in [0.1, 0.15) is 30.1 Å². The summed E-state index contributed by atoms with van der Waals surface area (Å²) in [5, 5.41) is 0.458. The van der Waals surface area contributed by atoms with E-state index in [-0.39, 0.29) is 23.6 Å². The first-order valence-electron chi connectivity index (χ1n) is 10.0. The molecular weight excluding hydrogens is 394 g/mol. The number of likely N-dealkylation sites (tertiary alicyclic amines) is 3. The fourth-order valence-corrected chi connectivity index (χ4v) is 5.19. The van der Waals surface area contributed by atoms with Crippen LogP contribution in [-0.2, 0) is 9.59 Å². The Morgan fingerprint density at radius 1 is 1.07 bits per heavy atom. The summed E-state index contributed by atoms with van der Waals surface area (Å²) in [5.41, 5.74) is -0.329. The van der Waals surface area contributed by atoms with Gasteiger partial charge >= 0.3 is 0 Å². The summed E-state index contributed by atoms with van der Waals surface area (Å²) in [6.45, 7) is 4.68. The summed E-state index contributed by atoms with van der Waals surface area (Å²) in [5.74, 6) is 0.261. The Morgan fingerprint density at radius 3 is 2.38 bits per heavy atom. The average Bonchev–Trinajstić information content (AvgIpc) is 3.41. The lowest BCUT2D eigenvalue weighted by Gasteiger charge is -2.32. The van der Waals surface area contributed by atoms with Gasteiger partial charge in [0.2, 0.25) is 11.8 Å². The zero-order valence-corrected chi connectivity index (χ0v) is 17.6. The molecule has 8 heteroatoms. The molecule has 3 amide bonds. The molecule has 0 saturated carbocycles. The van der Waals surface area contributed by atoms with Crippen molar-refractivity contribution in [3.63, 3.8) is 0 Å². The summed E-state index contributed by atoms with van der Waals surface area (Å²) in [4.78, 5) is 44.2. The average molecular weight is 420 g/mol. The summed E-state index contributed by atoms with van der Waals surface area (Å²) in [6.07, 6.45) is 2.01. The van der Waals surface area contributed by atoms with E-state index >= 15 is 0 Å². The lowest BCUT2D eigenvalue weighted by Crippen LogP contribution is -2.49. The molecule has 3 heterocycles. The van der Waals surface area contributed by atoms with E-state index in [1.165, 1.54) is 14.0 Å². The fraction of sp³-hybridized carbons (Fsp3) is 0.571. The molecule has 1 aromatic carbocycles. The third-order valence-corrected chi connectivity index (χ3v) is 6.79. The standard InChI is InChI=1S/C21H26ClN3O4/c1-14(26)24-10-15-11-25(19(27)17-9-16(22)5-6-18(17)29-2)13-21(15,12-24)20(28)23-7-3-4-8-23/h5-6,9,15H,3-4,7-8,10-13H2,1-2H3. The van der Waals surface area contributed by atoms with Gasteiger partial charge < -0.3 is 19.4 Å². The molecule has 0 spiro atoms. The second-order valence-electron chi connectivity index (χ2n) is 8.28. The Balaban J connectivity index is 1.63. The molecule has 0 N–H and O–H groups in total. The van der Waals surface area contributed by atoms with Crippen LogP contribution < -0.4 is 4.74 Å². The minimum Gasteiger partial charge on any atom is -0.496 e. The van der Waals surface area contributed by atoms with Gasteiger partial charge in [-0.1, -0.05) is 11.6 Å². The maximum atomic E-state index is 13.5.